The van der Waals surface area contributed by atoms with E-state index in [0.29, 0.717) is 4.90 Å². The second-order valence-corrected chi connectivity index (χ2v) is 2.87. The van der Waals surface area contributed by atoms with Crippen molar-refractivity contribution in [1.29, 1.82) is 0 Å². The van der Waals surface area contributed by atoms with Crippen LogP contribution in [0, 0.1) is 0 Å². The Labute approximate surface area is 100 Å². The molecule has 1 aromatic heterocycles. The van der Waals surface area contributed by atoms with Gasteiger partial charge in [-0.1, -0.05) is 0 Å². The van der Waals surface area contributed by atoms with E-state index in [9.17, 15) is 0 Å². The van der Waals surface area contributed by atoms with Crippen molar-refractivity contribution < 1.29 is 13.7 Å². The van der Waals surface area contributed by atoms with Gasteiger partial charge in [0.25, 0.3) is 0 Å². The van der Waals surface area contributed by atoms with Gasteiger partial charge in [0, 0.05) is 31.5 Å². The van der Waals surface area contributed by atoms with E-state index in [1.807, 2.05) is 0 Å². The molecule has 3 nitrogen and oxygen atoms in total. The number of rotatable bonds is 1. The fourth-order valence-corrected chi connectivity index (χ4v) is 0.944. The summed E-state index contributed by atoms with van der Waals surface area (Å²) in [5.74, 6) is 0. The Hall–Kier alpha value is -0.610. The Kier molecular flexibility index (Phi) is 0.919. The molecule has 2 heterocycles. The van der Waals surface area contributed by atoms with Crippen molar-refractivity contribution in [3.05, 3.63) is 22.9 Å². The average Bonchev–Trinajstić information content (AvgIpc) is 2.37. The maximum absolute atomic E-state index is 7.95. The van der Waals surface area contributed by atoms with Crippen LogP contribution in [0.1, 0.15) is 13.7 Å². The highest BCUT2D eigenvalue weighted by molar-refractivity contribution is 9.10. The van der Waals surface area contributed by atoms with E-state index in [4.69, 9.17) is 13.7 Å². The second-order valence-electron chi connectivity index (χ2n) is 2.12. The summed E-state index contributed by atoms with van der Waals surface area (Å²) in [5, 5.41) is 1.80. The minimum Gasteiger partial charge on any atom is -0.368 e. The number of aromatic nitrogens is 1. The molecular formula is C9H12BrN3. The molecule has 1 aliphatic rings. The summed E-state index contributed by atoms with van der Waals surface area (Å²) in [6.45, 7) is -10.5. The Balaban J connectivity index is 2.76. The number of halogens is 1. The van der Waals surface area contributed by atoms with Gasteiger partial charge in [0.1, 0.15) is 4.60 Å². The van der Waals surface area contributed by atoms with Crippen LogP contribution in [0.4, 0.5) is 5.69 Å². The minimum atomic E-state index is -2.96. The standard InChI is InChI=1S/C9H12BrN3/c10-9-2-1-8(7-12-9)13-5-3-11-4-6-13/h1-2,7,11H,3-6H2/i1D,2D,3D2,4D2,5D,6D2,7D. The van der Waals surface area contributed by atoms with E-state index >= 15 is 0 Å². The molecule has 0 bridgehead atoms. The summed E-state index contributed by atoms with van der Waals surface area (Å²) < 4.78 is 77.9. The van der Waals surface area contributed by atoms with Crippen molar-refractivity contribution in [1.82, 2.24) is 10.3 Å². The number of nitrogens with zero attached hydrogens (tertiary/aromatic N) is 2. The van der Waals surface area contributed by atoms with Crippen molar-refractivity contribution >= 4 is 21.6 Å². The van der Waals surface area contributed by atoms with Gasteiger partial charge in [0.05, 0.1) is 20.1 Å². The first-order valence-electron chi connectivity index (χ1n) is 8.46. The molecule has 70 valence electrons. The molecule has 1 saturated heterocycles. The molecule has 13 heavy (non-hydrogen) atoms. The van der Waals surface area contributed by atoms with Crippen molar-refractivity contribution in [2.24, 2.45) is 0 Å². The third kappa shape index (κ3) is 2.19. The van der Waals surface area contributed by atoms with Gasteiger partial charge in [0.2, 0.25) is 0 Å². The van der Waals surface area contributed by atoms with E-state index in [2.05, 4.69) is 20.9 Å². The number of hydrogen-bond donors (Lipinski definition) is 1. The van der Waals surface area contributed by atoms with Crippen LogP contribution in [0.15, 0.2) is 22.9 Å². The lowest BCUT2D eigenvalue weighted by Gasteiger charge is -2.29. The summed E-state index contributed by atoms with van der Waals surface area (Å²) in [6, 6.07) is -1.12. The molecule has 1 atom stereocenters. The van der Waals surface area contributed by atoms with Crippen LogP contribution in [0.25, 0.3) is 0 Å². The first kappa shape index (κ1) is 2.94. The van der Waals surface area contributed by atoms with E-state index in [0.717, 1.165) is 0 Å². The van der Waals surface area contributed by atoms with Gasteiger partial charge in [-0.15, -0.1) is 0 Å². The van der Waals surface area contributed by atoms with E-state index in [1.165, 1.54) is 0 Å². The molecule has 1 fully saturated rings. The predicted octanol–water partition coefficient (Wildman–Crippen LogP) is 1.25. The molecule has 4 heteroatoms. The molecular weight excluding hydrogens is 230 g/mol. The SMILES string of the molecule is [2H]c1nc(Br)c([2H])c([2H])c1N1C([2H])C([2H])([2H])NC([2H])([2H])C1([2H])[2H]. The van der Waals surface area contributed by atoms with Crippen LogP contribution in [0.2, 0.25) is 0 Å². The Morgan fingerprint density at radius 1 is 1.62 bits per heavy atom. The first-order valence-corrected chi connectivity index (χ1v) is 4.17. The summed E-state index contributed by atoms with van der Waals surface area (Å²) in [4.78, 5) is 3.98. The maximum Gasteiger partial charge on any atom is 0.106 e. The van der Waals surface area contributed by atoms with Crippen molar-refractivity contribution in [3.8, 4) is 0 Å². The van der Waals surface area contributed by atoms with Crippen molar-refractivity contribution in [2.45, 2.75) is 0 Å². The summed E-state index contributed by atoms with van der Waals surface area (Å²) in [7, 11) is 0. The van der Waals surface area contributed by atoms with Crippen LogP contribution >= 0.6 is 15.9 Å². The molecule has 0 aromatic carbocycles. The number of anilines is 1. The predicted molar refractivity (Wildman–Crippen MR) is 57.0 cm³/mol. The molecule has 1 unspecified atom stereocenters. The third-order valence-electron chi connectivity index (χ3n) is 1.29. The Morgan fingerprint density at radius 2 is 2.54 bits per heavy atom. The monoisotopic (exact) mass is 251 g/mol. The highest BCUT2D eigenvalue weighted by atomic mass is 79.9. The van der Waals surface area contributed by atoms with Crippen LogP contribution in [-0.2, 0) is 0 Å². The molecule has 1 N–H and O–H groups in total. The molecule has 1 aromatic rings. The van der Waals surface area contributed by atoms with E-state index in [1.54, 1.807) is 5.32 Å². The molecule has 0 spiro atoms. The quantitative estimate of drug-likeness (QED) is 0.762. The van der Waals surface area contributed by atoms with Gasteiger partial charge in [0.15, 0.2) is 0 Å². The highest BCUT2D eigenvalue weighted by Crippen LogP contribution is 2.15. The van der Waals surface area contributed by atoms with Gasteiger partial charge in [-0.2, -0.15) is 0 Å². The molecule has 0 radical (unpaired) electrons. The van der Waals surface area contributed by atoms with Crippen LogP contribution in [0.5, 0.6) is 0 Å². The van der Waals surface area contributed by atoms with Crippen molar-refractivity contribution in [2.75, 3.05) is 30.9 Å². The number of hydrogen-bond acceptors (Lipinski definition) is 3. The van der Waals surface area contributed by atoms with Gasteiger partial charge >= 0.3 is 0 Å². The lowest BCUT2D eigenvalue weighted by molar-refractivity contribution is 0.588. The van der Waals surface area contributed by atoms with Gasteiger partial charge < -0.3 is 10.2 Å². The van der Waals surface area contributed by atoms with Crippen LogP contribution in [-0.4, -0.2) is 31.0 Å². The maximum atomic E-state index is 7.95. The second kappa shape index (κ2) is 4.07. The highest BCUT2D eigenvalue weighted by Gasteiger charge is 2.09. The van der Waals surface area contributed by atoms with Gasteiger partial charge in [-0.3, -0.25) is 0 Å². The van der Waals surface area contributed by atoms with Crippen LogP contribution < -0.4 is 10.2 Å². The van der Waals surface area contributed by atoms with Gasteiger partial charge in [-0.25, -0.2) is 4.98 Å². The average molecular weight is 252 g/mol. The minimum absolute atomic E-state index is 0.125. The fourth-order valence-electron chi connectivity index (χ4n) is 0.757. The number of pyridine rings is 1. The zero-order chi connectivity index (χ0) is 18.0. The lowest BCUT2D eigenvalue weighted by Crippen LogP contribution is -2.43. The zero-order valence-electron chi connectivity index (χ0n) is 16.3. The zero-order valence-corrected chi connectivity index (χ0v) is 7.94. The largest absolute Gasteiger partial charge is 0.368 e. The van der Waals surface area contributed by atoms with Gasteiger partial charge in [-0.05, 0) is 28.0 Å². The lowest BCUT2D eigenvalue weighted by atomic mass is 10.3. The summed E-state index contributed by atoms with van der Waals surface area (Å²) in [6.07, 6.45) is -0.660. The third-order valence-corrected chi connectivity index (χ3v) is 1.67. The van der Waals surface area contributed by atoms with Crippen LogP contribution in [0.3, 0.4) is 0 Å². The molecule has 1 aliphatic heterocycles. The van der Waals surface area contributed by atoms with E-state index in [-0.39, 0.29) is 4.60 Å². The molecule has 0 aliphatic carbocycles. The fraction of sp³-hybridized carbons (Fsp3) is 0.444. The van der Waals surface area contributed by atoms with Crippen molar-refractivity contribution in [3.63, 3.8) is 0 Å². The molecule has 0 saturated carbocycles. The normalized spacial score (nSPS) is 45.9. The van der Waals surface area contributed by atoms with E-state index < -0.39 is 50.0 Å². The smallest absolute Gasteiger partial charge is 0.106 e. The Morgan fingerprint density at radius 3 is 3.46 bits per heavy atom. The topological polar surface area (TPSA) is 28.2 Å². The Bertz CT molecular complexity index is 651. The first-order chi connectivity index (χ1) is 10.2. The number of piperazine rings is 1. The summed E-state index contributed by atoms with van der Waals surface area (Å²) in [5.41, 5.74) is -0.613. The number of nitrogens with one attached hydrogen (secondary N) is 1. The molecule has 2 rings (SSSR count). The summed E-state index contributed by atoms with van der Waals surface area (Å²) >= 11 is 2.89. The molecule has 0 amide bonds.